The fourth-order valence-electron chi connectivity index (χ4n) is 3.55. The Labute approximate surface area is 194 Å². The van der Waals surface area contributed by atoms with Crippen LogP contribution in [0.3, 0.4) is 0 Å². The lowest BCUT2D eigenvalue weighted by Gasteiger charge is -2.07. The van der Waals surface area contributed by atoms with E-state index >= 15 is 0 Å². The number of rotatable bonds is 6. The zero-order valence-electron chi connectivity index (χ0n) is 17.1. The number of aryl methyl sites for hydroxylation is 1. The molecule has 0 bridgehead atoms. The average Bonchev–Trinajstić information content (AvgIpc) is 3.33. The van der Waals surface area contributed by atoms with Gasteiger partial charge in [0.15, 0.2) is 5.82 Å². The molecule has 0 amide bonds. The average molecular weight is 483 g/mol. The Morgan fingerprint density at radius 2 is 1.78 bits per heavy atom. The first kappa shape index (κ1) is 21.1. The molecule has 6 nitrogen and oxygen atoms in total. The first-order valence-corrected chi connectivity index (χ1v) is 12.7. The number of sulfonamides is 1. The van der Waals surface area contributed by atoms with E-state index in [4.69, 9.17) is 11.6 Å². The summed E-state index contributed by atoms with van der Waals surface area (Å²) in [6.07, 6.45) is 0.560. The van der Waals surface area contributed by atoms with Gasteiger partial charge in [0.05, 0.1) is 10.6 Å². The number of hydrogen-bond donors (Lipinski definition) is 1. The van der Waals surface area contributed by atoms with Crippen molar-refractivity contribution in [2.75, 3.05) is 6.54 Å². The zero-order chi connectivity index (χ0) is 22.3. The molecule has 0 unspecified atom stereocenters. The van der Waals surface area contributed by atoms with Gasteiger partial charge in [-0.1, -0.05) is 53.3 Å². The highest BCUT2D eigenvalue weighted by Gasteiger charge is 2.17. The smallest absolute Gasteiger partial charge is 0.211 e. The van der Waals surface area contributed by atoms with E-state index in [1.807, 2.05) is 66.0 Å². The van der Waals surface area contributed by atoms with Crippen molar-refractivity contribution in [1.82, 2.24) is 19.3 Å². The lowest BCUT2D eigenvalue weighted by molar-refractivity contribution is 0.582. The van der Waals surface area contributed by atoms with E-state index < -0.39 is 10.0 Å². The minimum Gasteiger partial charge on any atom is -0.211 e. The molecule has 0 atom stereocenters. The van der Waals surface area contributed by atoms with Crippen LogP contribution in [-0.4, -0.2) is 29.6 Å². The summed E-state index contributed by atoms with van der Waals surface area (Å²) in [5, 5.41) is 7.17. The molecule has 9 heteroatoms. The molecule has 5 aromatic rings. The molecule has 0 fully saturated rings. The quantitative estimate of drug-likeness (QED) is 0.365. The highest BCUT2D eigenvalue weighted by Crippen LogP contribution is 2.26. The Morgan fingerprint density at radius 1 is 1.03 bits per heavy atom. The third-order valence-electron chi connectivity index (χ3n) is 5.29. The molecular formula is C23H19ClN4O2S2. The van der Waals surface area contributed by atoms with Crippen molar-refractivity contribution in [1.29, 1.82) is 0 Å². The molecule has 5 rings (SSSR count). The highest BCUT2D eigenvalue weighted by molar-refractivity contribution is 7.89. The molecule has 3 aromatic carbocycles. The number of nitrogens with one attached hydrogen (secondary N) is 1. The van der Waals surface area contributed by atoms with Gasteiger partial charge in [-0.2, -0.15) is 4.98 Å². The van der Waals surface area contributed by atoms with Gasteiger partial charge >= 0.3 is 0 Å². The van der Waals surface area contributed by atoms with E-state index in [0.29, 0.717) is 23.8 Å². The van der Waals surface area contributed by atoms with Crippen LogP contribution >= 0.6 is 22.9 Å². The van der Waals surface area contributed by atoms with E-state index in [1.165, 1.54) is 11.3 Å². The van der Waals surface area contributed by atoms with Crippen molar-refractivity contribution in [3.63, 3.8) is 0 Å². The molecule has 0 aliphatic carbocycles. The second kappa shape index (κ2) is 8.29. The number of thiazole rings is 1. The molecule has 1 N–H and O–H groups in total. The van der Waals surface area contributed by atoms with Gasteiger partial charge in [0.1, 0.15) is 0 Å². The van der Waals surface area contributed by atoms with E-state index in [1.54, 1.807) is 12.1 Å². The summed E-state index contributed by atoms with van der Waals surface area (Å²) in [6, 6.07) is 20.3. The largest absolute Gasteiger partial charge is 0.240 e. The standard InChI is InChI=1S/C23H19ClN4O2S2/c1-15-21(31-23-26-22(27-28(15)23)17-6-9-19(24)10-7-17)12-13-25-32(29,30)20-11-8-16-4-2-3-5-18(16)14-20/h2-11,14,25H,12-13H2,1H3. The predicted molar refractivity (Wildman–Crippen MR) is 129 cm³/mol. The SMILES string of the molecule is Cc1c(CCNS(=O)(=O)c2ccc3ccccc3c2)sc2nc(-c3ccc(Cl)cc3)nn12. The van der Waals surface area contributed by atoms with Gasteiger partial charge in [0.2, 0.25) is 15.0 Å². The lowest BCUT2D eigenvalue weighted by Crippen LogP contribution is -2.26. The van der Waals surface area contributed by atoms with Gasteiger partial charge in [-0.15, -0.1) is 5.10 Å². The van der Waals surface area contributed by atoms with Crippen LogP contribution in [0.2, 0.25) is 5.02 Å². The molecule has 32 heavy (non-hydrogen) atoms. The Bertz CT molecular complexity index is 1540. The van der Waals surface area contributed by atoms with Gasteiger partial charge in [0, 0.05) is 22.0 Å². The van der Waals surface area contributed by atoms with Crippen molar-refractivity contribution < 1.29 is 8.42 Å². The Morgan fingerprint density at radius 3 is 2.53 bits per heavy atom. The number of hydrogen-bond acceptors (Lipinski definition) is 5. The van der Waals surface area contributed by atoms with Crippen molar-refractivity contribution in [2.24, 2.45) is 0 Å². The molecule has 0 aliphatic rings. The van der Waals surface area contributed by atoms with Crippen molar-refractivity contribution >= 4 is 48.7 Å². The maximum absolute atomic E-state index is 12.8. The van der Waals surface area contributed by atoms with Crippen LogP contribution in [0, 0.1) is 6.92 Å². The number of aromatic nitrogens is 3. The Kier molecular flexibility index (Phi) is 5.46. The summed E-state index contributed by atoms with van der Waals surface area (Å²) >= 11 is 7.47. The predicted octanol–water partition coefficient (Wildman–Crippen LogP) is 5.09. The van der Waals surface area contributed by atoms with Gasteiger partial charge < -0.3 is 0 Å². The first-order chi connectivity index (χ1) is 15.4. The number of benzene rings is 3. The Balaban J connectivity index is 1.30. The maximum Gasteiger partial charge on any atom is 0.240 e. The minimum atomic E-state index is -3.59. The summed E-state index contributed by atoms with van der Waals surface area (Å²) in [6.45, 7) is 2.26. The first-order valence-electron chi connectivity index (χ1n) is 10.0. The molecule has 2 heterocycles. The van der Waals surface area contributed by atoms with Crippen LogP contribution in [-0.2, 0) is 16.4 Å². The summed E-state index contributed by atoms with van der Waals surface area (Å²) in [5.74, 6) is 0.638. The molecule has 0 saturated heterocycles. The van der Waals surface area contributed by atoms with E-state index in [9.17, 15) is 8.42 Å². The fourth-order valence-corrected chi connectivity index (χ4v) is 5.80. The van der Waals surface area contributed by atoms with Crippen molar-refractivity contribution in [3.05, 3.63) is 82.3 Å². The molecule has 0 saturated carbocycles. The normalized spacial score (nSPS) is 12.1. The second-order valence-corrected chi connectivity index (χ2v) is 10.7. The van der Waals surface area contributed by atoms with Crippen LogP contribution < -0.4 is 4.72 Å². The monoisotopic (exact) mass is 482 g/mol. The van der Waals surface area contributed by atoms with E-state index in [0.717, 1.165) is 31.9 Å². The van der Waals surface area contributed by atoms with Crippen LogP contribution in [0.5, 0.6) is 0 Å². The van der Waals surface area contributed by atoms with Gasteiger partial charge in [-0.05, 0) is 60.5 Å². The van der Waals surface area contributed by atoms with Crippen LogP contribution in [0.4, 0.5) is 0 Å². The molecule has 0 spiro atoms. The minimum absolute atomic E-state index is 0.267. The van der Waals surface area contributed by atoms with Gasteiger partial charge in [0.25, 0.3) is 0 Å². The molecule has 0 radical (unpaired) electrons. The summed E-state index contributed by atoms with van der Waals surface area (Å²) in [4.78, 5) is 6.71. The van der Waals surface area contributed by atoms with Gasteiger partial charge in [-0.3, -0.25) is 0 Å². The number of halogens is 1. The number of fused-ring (bicyclic) bond motifs is 2. The topological polar surface area (TPSA) is 76.4 Å². The number of nitrogens with zero attached hydrogens (tertiary/aromatic N) is 3. The maximum atomic E-state index is 12.8. The fraction of sp³-hybridized carbons (Fsp3) is 0.130. The molecular weight excluding hydrogens is 464 g/mol. The van der Waals surface area contributed by atoms with Crippen molar-refractivity contribution in [2.45, 2.75) is 18.2 Å². The van der Waals surface area contributed by atoms with Gasteiger partial charge in [-0.25, -0.2) is 17.7 Å². The third-order valence-corrected chi connectivity index (χ3v) is 8.19. The van der Waals surface area contributed by atoms with Crippen LogP contribution in [0.25, 0.3) is 27.1 Å². The van der Waals surface area contributed by atoms with Crippen molar-refractivity contribution in [3.8, 4) is 11.4 Å². The highest BCUT2D eigenvalue weighted by atomic mass is 35.5. The summed E-state index contributed by atoms with van der Waals surface area (Å²) < 4.78 is 30.0. The Hall–Kier alpha value is -2.78. The lowest BCUT2D eigenvalue weighted by atomic mass is 10.1. The summed E-state index contributed by atoms with van der Waals surface area (Å²) in [7, 11) is -3.59. The summed E-state index contributed by atoms with van der Waals surface area (Å²) in [5.41, 5.74) is 1.86. The third kappa shape index (κ3) is 4.02. The molecule has 162 valence electrons. The molecule has 2 aromatic heterocycles. The second-order valence-electron chi connectivity index (χ2n) is 7.40. The van der Waals surface area contributed by atoms with Crippen LogP contribution in [0.15, 0.2) is 71.6 Å². The van der Waals surface area contributed by atoms with E-state index in [-0.39, 0.29) is 4.90 Å². The van der Waals surface area contributed by atoms with E-state index in [2.05, 4.69) is 14.8 Å². The van der Waals surface area contributed by atoms with Crippen LogP contribution in [0.1, 0.15) is 10.6 Å². The zero-order valence-corrected chi connectivity index (χ0v) is 19.5. The molecule has 0 aliphatic heterocycles.